The Hall–Kier alpha value is -0.410. The van der Waals surface area contributed by atoms with Crippen LogP contribution in [0.3, 0.4) is 0 Å². The Balaban J connectivity index is 1.91. The zero-order valence-electron chi connectivity index (χ0n) is 8.61. The van der Waals surface area contributed by atoms with Crippen LogP contribution in [0.5, 0.6) is 0 Å². The molecule has 0 radical (unpaired) electrons. The lowest BCUT2D eigenvalue weighted by Crippen LogP contribution is -2.36. The van der Waals surface area contributed by atoms with Gasteiger partial charge >= 0.3 is 0 Å². The fourth-order valence-corrected chi connectivity index (χ4v) is 2.79. The summed E-state index contributed by atoms with van der Waals surface area (Å²) in [5, 5.41) is 9.40. The third-order valence-corrected chi connectivity index (χ3v) is 3.64. The molecule has 0 spiro atoms. The van der Waals surface area contributed by atoms with Gasteiger partial charge in [-0.25, -0.2) is 0 Å². The summed E-state index contributed by atoms with van der Waals surface area (Å²) in [7, 11) is 0. The van der Waals surface area contributed by atoms with Gasteiger partial charge < -0.3 is 9.90 Å². The highest BCUT2D eigenvalue weighted by atomic mass is 16.3. The molecule has 1 saturated carbocycles. The van der Waals surface area contributed by atoms with Crippen LogP contribution >= 0.6 is 0 Å². The van der Waals surface area contributed by atoms with Gasteiger partial charge in [-0.15, -0.1) is 0 Å². The predicted octanol–water partition coefficient (Wildman–Crippen LogP) is 0.812. The first kappa shape index (κ1) is 10.1. The molecule has 80 valence electrons. The van der Waals surface area contributed by atoms with Gasteiger partial charge in [0.05, 0.1) is 6.10 Å². The fraction of sp³-hybridized carbons (Fsp3) is 0.909. The van der Waals surface area contributed by atoms with Crippen LogP contribution in [-0.2, 0) is 4.79 Å². The molecule has 1 saturated heterocycles. The Morgan fingerprint density at radius 1 is 1.43 bits per heavy atom. The van der Waals surface area contributed by atoms with Gasteiger partial charge in [0, 0.05) is 25.0 Å². The number of aldehydes is 1. The van der Waals surface area contributed by atoms with E-state index in [2.05, 4.69) is 4.90 Å². The summed E-state index contributed by atoms with van der Waals surface area (Å²) >= 11 is 0. The molecular weight excluding hydrogens is 178 g/mol. The van der Waals surface area contributed by atoms with E-state index in [1.807, 2.05) is 0 Å². The van der Waals surface area contributed by atoms with Crippen molar-refractivity contribution in [2.45, 2.75) is 38.2 Å². The van der Waals surface area contributed by atoms with E-state index in [1.165, 1.54) is 12.8 Å². The van der Waals surface area contributed by atoms with Gasteiger partial charge in [0.25, 0.3) is 0 Å². The second kappa shape index (κ2) is 3.99. The van der Waals surface area contributed by atoms with Crippen molar-refractivity contribution >= 4 is 6.29 Å². The zero-order valence-corrected chi connectivity index (χ0v) is 8.61. The number of aliphatic hydroxyl groups is 1. The number of aliphatic hydroxyl groups excluding tert-OH is 1. The van der Waals surface area contributed by atoms with Crippen molar-refractivity contribution in [2.75, 3.05) is 19.6 Å². The molecule has 1 aliphatic heterocycles. The van der Waals surface area contributed by atoms with Crippen LogP contribution in [0.25, 0.3) is 0 Å². The summed E-state index contributed by atoms with van der Waals surface area (Å²) in [6.45, 7) is 2.58. The summed E-state index contributed by atoms with van der Waals surface area (Å²) in [6.07, 6.45) is 6.33. The van der Waals surface area contributed by atoms with Crippen LogP contribution < -0.4 is 0 Å². The molecule has 0 bridgehead atoms. The van der Waals surface area contributed by atoms with E-state index in [1.54, 1.807) is 0 Å². The lowest BCUT2D eigenvalue weighted by molar-refractivity contribution is -0.116. The van der Waals surface area contributed by atoms with Gasteiger partial charge in [0.15, 0.2) is 0 Å². The van der Waals surface area contributed by atoms with Crippen LogP contribution in [0.4, 0.5) is 0 Å². The number of hydrogen-bond acceptors (Lipinski definition) is 3. The minimum Gasteiger partial charge on any atom is -0.392 e. The smallest absolute Gasteiger partial charge is 0.127 e. The number of rotatable bonds is 3. The quantitative estimate of drug-likeness (QED) is 0.681. The van der Waals surface area contributed by atoms with Crippen LogP contribution in [0.15, 0.2) is 0 Å². The van der Waals surface area contributed by atoms with E-state index in [9.17, 15) is 9.90 Å². The van der Waals surface area contributed by atoms with Gasteiger partial charge in [-0.1, -0.05) is 12.8 Å². The van der Waals surface area contributed by atoms with E-state index in [0.717, 1.165) is 45.2 Å². The number of carbonyl (C=O) groups is 1. The Bertz CT molecular complexity index is 211. The third-order valence-electron chi connectivity index (χ3n) is 3.64. The number of β-amino-alcohol motifs (C(OH)–C–C–N with tert-alkyl or cyclic N) is 1. The van der Waals surface area contributed by atoms with Crippen molar-refractivity contribution in [2.24, 2.45) is 5.41 Å². The van der Waals surface area contributed by atoms with E-state index < -0.39 is 0 Å². The molecule has 2 aliphatic rings. The Kier molecular flexibility index (Phi) is 2.88. The molecule has 3 nitrogen and oxygen atoms in total. The molecular formula is C11H19NO2. The molecule has 0 aromatic carbocycles. The predicted molar refractivity (Wildman–Crippen MR) is 54.0 cm³/mol. The Morgan fingerprint density at radius 3 is 2.64 bits per heavy atom. The molecule has 1 heterocycles. The lowest BCUT2D eigenvalue weighted by atomic mass is 9.87. The molecule has 1 N–H and O–H groups in total. The lowest BCUT2D eigenvalue weighted by Gasteiger charge is -2.27. The van der Waals surface area contributed by atoms with Crippen LogP contribution in [0, 0.1) is 5.41 Å². The molecule has 14 heavy (non-hydrogen) atoms. The Morgan fingerprint density at radius 2 is 2.14 bits per heavy atom. The highest BCUT2D eigenvalue weighted by Gasteiger charge is 2.36. The first-order valence-corrected chi connectivity index (χ1v) is 5.61. The first-order valence-electron chi connectivity index (χ1n) is 5.61. The standard InChI is InChI=1S/C11H19NO2/c13-9-11(4-1-2-5-11)8-12-6-3-10(14)7-12/h9-10,14H,1-8H2. The molecule has 0 aromatic rings. The van der Waals surface area contributed by atoms with E-state index in [4.69, 9.17) is 0 Å². The van der Waals surface area contributed by atoms with E-state index in [-0.39, 0.29) is 11.5 Å². The van der Waals surface area contributed by atoms with Gasteiger partial charge in [0.1, 0.15) is 6.29 Å². The maximum absolute atomic E-state index is 11.1. The number of hydrogen-bond donors (Lipinski definition) is 1. The van der Waals surface area contributed by atoms with Gasteiger partial charge in [-0.05, 0) is 19.3 Å². The molecule has 1 unspecified atom stereocenters. The molecule has 2 rings (SSSR count). The van der Waals surface area contributed by atoms with Gasteiger partial charge in [-0.3, -0.25) is 4.90 Å². The number of likely N-dealkylation sites (tertiary alicyclic amines) is 1. The van der Waals surface area contributed by atoms with E-state index >= 15 is 0 Å². The normalized spacial score (nSPS) is 32.2. The highest BCUT2D eigenvalue weighted by molar-refractivity contribution is 5.60. The van der Waals surface area contributed by atoms with Crippen molar-refractivity contribution in [1.29, 1.82) is 0 Å². The minimum absolute atomic E-state index is 0.0793. The van der Waals surface area contributed by atoms with Crippen molar-refractivity contribution in [3.05, 3.63) is 0 Å². The Labute approximate surface area is 85.1 Å². The second-order valence-corrected chi connectivity index (χ2v) is 4.86. The number of nitrogens with zero attached hydrogens (tertiary/aromatic N) is 1. The summed E-state index contributed by atoms with van der Waals surface area (Å²) in [6, 6.07) is 0. The summed E-state index contributed by atoms with van der Waals surface area (Å²) in [5.41, 5.74) is -0.0793. The van der Waals surface area contributed by atoms with E-state index in [0.29, 0.717) is 0 Å². The maximum Gasteiger partial charge on any atom is 0.127 e. The largest absolute Gasteiger partial charge is 0.392 e. The maximum atomic E-state index is 11.1. The summed E-state index contributed by atoms with van der Waals surface area (Å²) in [5.74, 6) is 0. The SMILES string of the molecule is O=CC1(CN2CCC(O)C2)CCCC1. The summed E-state index contributed by atoms with van der Waals surface area (Å²) in [4.78, 5) is 13.3. The highest BCUT2D eigenvalue weighted by Crippen LogP contribution is 2.37. The average molecular weight is 197 g/mol. The molecule has 3 heteroatoms. The average Bonchev–Trinajstić information content (AvgIpc) is 2.77. The first-order chi connectivity index (χ1) is 6.74. The van der Waals surface area contributed by atoms with Crippen molar-refractivity contribution < 1.29 is 9.90 Å². The minimum atomic E-state index is -0.167. The second-order valence-electron chi connectivity index (χ2n) is 4.86. The van der Waals surface area contributed by atoms with Crippen molar-refractivity contribution in [3.8, 4) is 0 Å². The molecule has 1 atom stereocenters. The van der Waals surface area contributed by atoms with Crippen LogP contribution in [0.1, 0.15) is 32.1 Å². The fourth-order valence-electron chi connectivity index (χ4n) is 2.79. The van der Waals surface area contributed by atoms with Crippen molar-refractivity contribution in [3.63, 3.8) is 0 Å². The zero-order chi connectivity index (χ0) is 10.0. The molecule has 0 aromatic heterocycles. The molecule has 0 amide bonds. The monoisotopic (exact) mass is 197 g/mol. The summed E-state index contributed by atoms with van der Waals surface area (Å²) < 4.78 is 0. The van der Waals surface area contributed by atoms with Crippen molar-refractivity contribution in [1.82, 2.24) is 4.90 Å². The van der Waals surface area contributed by atoms with Crippen LogP contribution in [-0.4, -0.2) is 42.0 Å². The van der Waals surface area contributed by atoms with Gasteiger partial charge in [-0.2, -0.15) is 0 Å². The van der Waals surface area contributed by atoms with Gasteiger partial charge in [0.2, 0.25) is 0 Å². The molecule has 2 fully saturated rings. The van der Waals surface area contributed by atoms with Crippen LogP contribution in [0.2, 0.25) is 0 Å². The topological polar surface area (TPSA) is 40.5 Å². The molecule has 1 aliphatic carbocycles. The third kappa shape index (κ3) is 1.98. The number of carbonyl (C=O) groups excluding carboxylic acids is 1.